The number of carboxylic acids is 1. The Morgan fingerprint density at radius 3 is 3.00 bits per heavy atom. The van der Waals surface area contributed by atoms with E-state index >= 15 is 0 Å². The summed E-state index contributed by atoms with van der Waals surface area (Å²) in [5.74, 6) is -0.879. The zero-order chi connectivity index (χ0) is 9.84. The fourth-order valence-electron chi connectivity index (χ4n) is 0.924. The lowest BCUT2D eigenvalue weighted by molar-refractivity contribution is -0.135. The highest BCUT2D eigenvalue weighted by molar-refractivity contribution is 6.29. The molecule has 1 aromatic heterocycles. The molecule has 1 aromatic rings. The Morgan fingerprint density at radius 2 is 2.46 bits per heavy atom. The van der Waals surface area contributed by atoms with Crippen LogP contribution in [0.15, 0.2) is 18.3 Å². The van der Waals surface area contributed by atoms with Crippen LogP contribution in [0.4, 0.5) is 5.69 Å². The maximum absolute atomic E-state index is 10.4. The molecule has 70 valence electrons. The highest BCUT2D eigenvalue weighted by Crippen LogP contribution is 2.15. The van der Waals surface area contributed by atoms with Crippen LogP contribution in [0, 0.1) is 0 Å². The summed E-state index contributed by atoms with van der Waals surface area (Å²) < 4.78 is 0. The Balaban J connectivity index is 2.76. The molecular weight excluding hydrogens is 192 g/mol. The van der Waals surface area contributed by atoms with Gasteiger partial charge in [-0.1, -0.05) is 11.6 Å². The van der Waals surface area contributed by atoms with Gasteiger partial charge in [-0.15, -0.1) is 0 Å². The van der Waals surface area contributed by atoms with Crippen molar-refractivity contribution in [2.75, 3.05) is 18.5 Å². The number of carboxylic acid groups (broad SMARTS) is 1. The van der Waals surface area contributed by atoms with Crippen LogP contribution in [0.3, 0.4) is 0 Å². The van der Waals surface area contributed by atoms with Crippen molar-refractivity contribution in [3.63, 3.8) is 0 Å². The lowest BCUT2D eigenvalue weighted by Crippen LogP contribution is -2.24. The van der Waals surface area contributed by atoms with E-state index in [1.165, 1.54) is 6.20 Å². The van der Waals surface area contributed by atoms with Gasteiger partial charge in [-0.25, -0.2) is 4.98 Å². The lowest BCUT2D eigenvalue weighted by atomic mass is 10.3. The Kier molecular flexibility index (Phi) is 3.08. The SMILES string of the molecule is CN(CC(=O)O)c1ccnc(Cl)c1. The number of hydrogen-bond donors (Lipinski definition) is 1. The second-order valence-electron chi connectivity index (χ2n) is 2.59. The molecule has 0 bridgehead atoms. The summed E-state index contributed by atoms with van der Waals surface area (Å²) in [5.41, 5.74) is 0.738. The van der Waals surface area contributed by atoms with Gasteiger partial charge in [-0.2, -0.15) is 0 Å². The number of nitrogens with zero attached hydrogens (tertiary/aromatic N) is 2. The molecule has 0 atom stereocenters. The van der Waals surface area contributed by atoms with Gasteiger partial charge in [0.25, 0.3) is 0 Å². The van der Waals surface area contributed by atoms with Crippen molar-refractivity contribution in [1.29, 1.82) is 0 Å². The highest BCUT2D eigenvalue weighted by Gasteiger charge is 2.05. The average Bonchev–Trinajstić information content (AvgIpc) is 2.03. The first kappa shape index (κ1) is 9.80. The predicted molar refractivity (Wildman–Crippen MR) is 50.2 cm³/mol. The second-order valence-corrected chi connectivity index (χ2v) is 2.97. The maximum atomic E-state index is 10.4. The first-order valence-corrected chi connectivity index (χ1v) is 4.02. The van der Waals surface area contributed by atoms with E-state index in [2.05, 4.69) is 4.98 Å². The van der Waals surface area contributed by atoms with Crippen LogP contribution < -0.4 is 4.90 Å². The first-order valence-electron chi connectivity index (χ1n) is 3.64. The van der Waals surface area contributed by atoms with Gasteiger partial charge in [0.2, 0.25) is 0 Å². The minimum absolute atomic E-state index is 0.0552. The van der Waals surface area contributed by atoms with Gasteiger partial charge in [0.15, 0.2) is 0 Å². The van der Waals surface area contributed by atoms with Crippen LogP contribution in [-0.4, -0.2) is 29.7 Å². The van der Waals surface area contributed by atoms with E-state index in [1.54, 1.807) is 24.1 Å². The molecule has 13 heavy (non-hydrogen) atoms. The van der Waals surface area contributed by atoms with Crippen LogP contribution in [-0.2, 0) is 4.79 Å². The van der Waals surface area contributed by atoms with E-state index in [4.69, 9.17) is 16.7 Å². The molecule has 0 aliphatic carbocycles. The molecule has 0 radical (unpaired) electrons. The molecule has 1 N–H and O–H groups in total. The molecule has 1 rings (SSSR count). The summed E-state index contributed by atoms with van der Waals surface area (Å²) in [6.07, 6.45) is 1.54. The van der Waals surface area contributed by atoms with Crippen molar-refractivity contribution in [2.24, 2.45) is 0 Å². The highest BCUT2D eigenvalue weighted by atomic mass is 35.5. The molecule has 0 saturated carbocycles. The van der Waals surface area contributed by atoms with Crippen LogP contribution in [0.25, 0.3) is 0 Å². The van der Waals surface area contributed by atoms with E-state index in [9.17, 15) is 4.79 Å². The first-order chi connectivity index (χ1) is 6.09. The van der Waals surface area contributed by atoms with E-state index in [1.807, 2.05) is 0 Å². The van der Waals surface area contributed by atoms with Gasteiger partial charge in [-0.05, 0) is 12.1 Å². The third kappa shape index (κ3) is 2.91. The van der Waals surface area contributed by atoms with Crippen molar-refractivity contribution in [2.45, 2.75) is 0 Å². The van der Waals surface area contributed by atoms with Gasteiger partial charge < -0.3 is 10.0 Å². The maximum Gasteiger partial charge on any atom is 0.323 e. The summed E-state index contributed by atoms with van der Waals surface area (Å²) >= 11 is 5.64. The summed E-state index contributed by atoms with van der Waals surface area (Å²) in [4.78, 5) is 15.7. The van der Waals surface area contributed by atoms with Crippen molar-refractivity contribution in [1.82, 2.24) is 4.98 Å². The molecule has 0 unspecified atom stereocenters. The molecule has 1 heterocycles. The predicted octanol–water partition coefficient (Wildman–Crippen LogP) is 1.26. The summed E-state index contributed by atoms with van der Waals surface area (Å²) in [6, 6.07) is 3.32. The molecule has 0 spiro atoms. The number of aliphatic carboxylic acids is 1. The number of hydrogen-bond acceptors (Lipinski definition) is 3. The normalized spacial score (nSPS) is 9.69. The van der Waals surface area contributed by atoms with Gasteiger partial charge in [-0.3, -0.25) is 4.79 Å². The van der Waals surface area contributed by atoms with Gasteiger partial charge in [0, 0.05) is 18.9 Å². The number of halogens is 1. The number of aromatic nitrogens is 1. The Hall–Kier alpha value is -1.29. The minimum atomic E-state index is -0.879. The number of anilines is 1. The smallest absolute Gasteiger partial charge is 0.323 e. The molecule has 0 amide bonds. The van der Waals surface area contributed by atoms with E-state index in [0.717, 1.165) is 5.69 Å². The van der Waals surface area contributed by atoms with Crippen LogP contribution in [0.5, 0.6) is 0 Å². The lowest BCUT2D eigenvalue weighted by Gasteiger charge is -2.16. The van der Waals surface area contributed by atoms with Crippen LogP contribution >= 0.6 is 11.6 Å². The fourth-order valence-corrected chi connectivity index (χ4v) is 1.09. The summed E-state index contributed by atoms with van der Waals surface area (Å²) in [5, 5.41) is 8.88. The Bertz CT molecular complexity index is 317. The monoisotopic (exact) mass is 200 g/mol. The largest absolute Gasteiger partial charge is 0.480 e. The number of rotatable bonds is 3. The van der Waals surface area contributed by atoms with Crippen molar-refractivity contribution >= 4 is 23.3 Å². The Morgan fingerprint density at radius 1 is 1.77 bits per heavy atom. The van der Waals surface area contributed by atoms with E-state index in [-0.39, 0.29) is 6.54 Å². The molecule has 0 fully saturated rings. The standard InChI is InChI=1S/C8H9ClN2O2/c1-11(5-8(12)13)6-2-3-10-7(9)4-6/h2-4H,5H2,1H3,(H,12,13). The van der Waals surface area contributed by atoms with Crippen molar-refractivity contribution < 1.29 is 9.90 Å². The van der Waals surface area contributed by atoms with E-state index < -0.39 is 5.97 Å². The summed E-state index contributed by atoms with van der Waals surface area (Å²) in [6.45, 7) is -0.0552. The molecular formula is C8H9ClN2O2. The van der Waals surface area contributed by atoms with Crippen molar-refractivity contribution in [3.05, 3.63) is 23.5 Å². The zero-order valence-electron chi connectivity index (χ0n) is 7.07. The molecule has 0 saturated heterocycles. The fraction of sp³-hybridized carbons (Fsp3) is 0.250. The zero-order valence-corrected chi connectivity index (χ0v) is 7.82. The van der Waals surface area contributed by atoms with Crippen molar-refractivity contribution in [3.8, 4) is 0 Å². The average molecular weight is 201 g/mol. The Labute approximate surface area is 80.8 Å². The quantitative estimate of drug-likeness (QED) is 0.747. The molecule has 4 nitrogen and oxygen atoms in total. The minimum Gasteiger partial charge on any atom is -0.480 e. The van der Waals surface area contributed by atoms with Crippen LogP contribution in [0.1, 0.15) is 0 Å². The van der Waals surface area contributed by atoms with Gasteiger partial charge in [0.1, 0.15) is 11.7 Å². The van der Waals surface area contributed by atoms with Crippen LogP contribution in [0.2, 0.25) is 5.15 Å². The number of likely N-dealkylation sites (N-methyl/N-ethyl adjacent to an activating group) is 1. The molecule has 5 heteroatoms. The second kappa shape index (κ2) is 4.09. The van der Waals surface area contributed by atoms with Gasteiger partial charge >= 0.3 is 5.97 Å². The molecule has 0 aliphatic heterocycles. The third-order valence-electron chi connectivity index (χ3n) is 1.52. The topological polar surface area (TPSA) is 53.4 Å². The third-order valence-corrected chi connectivity index (χ3v) is 1.73. The summed E-state index contributed by atoms with van der Waals surface area (Å²) in [7, 11) is 1.68. The molecule has 0 aliphatic rings. The van der Waals surface area contributed by atoms with E-state index in [0.29, 0.717) is 5.15 Å². The number of pyridine rings is 1. The molecule has 0 aromatic carbocycles. The number of carbonyl (C=O) groups is 1. The van der Waals surface area contributed by atoms with Gasteiger partial charge in [0.05, 0.1) is 0 Å².